The Bertz CT molecular complexity index is 2260. The van der Waals surface area contributed by atoms with Gasteiger partial charge in [0.25, 0.3) is 0 Å². The Balaban J connectivity index is 0.000000613. The zero-order valence-electron chi connectivity index (χ0n) is 36.0. The SMILES string of the molecule is CC.CC.CC.CCC.CCC.CCCc1c(Cc2ccccc2)cccc1-c1cc2oc3c(-n4c5ccccc5c5ccccc54)cccc3c2cc1C. The van der Waals surface area contributed by atoms with Gasteiger partial charge >= 0.3 is 0 Å². The summed E-state index contributed by atoms with van der Waals surface area (Å²) in [6.45, 7) is 25.0. The smallest absolute Gasteiger partial charge is 0.159 e. The Hall–Kier alpha value is -5.08. The van der Waals surface area contributed by atoms with Crippen molar-refractivity contribution in [2.75, 3.05) is 0 Å². The van der Waals surface area contributed by atoms with Gasteiger partial charge in [-0.05, 0) is 83.5 Å². The van der Waals surface area contributed by atoms with Crippen LogP contribution in [0.5, 0.6) is 0 Å². The average Bonchev–Trinajstić information content (AvgIpc) is 3.77. The molecule has 0 fully saturated rings. The van der Waals surface area contributed by atoms with Gasteiger partial charge in [-0.25, -0.2) is 0 Å². The van der Waals surface area contributed by atoms with E-state index in [1.165, 1.54) is 68.0 Å². The molecule has 2 heteroatoms. The summed E-state index contributed by atoms with van der Waals surface area (Å²) >= 11 is 0. The van der Waals surface area contributed by atoms with Crippen LogP contribution in [0.4, 0.5) is 0 Å². The number of aryl methyl sites for hydroxylation is 1. The highest BCUT2D eigenvalue weighted by molar-refractivity contribution is 6.13. The monoisotopic (exact) mass is 734 g/mol. The number of benzene rings is 6. The second-order valence-corrected chi connectivity index (χ2v) is 13.1. The molecule has 0 aliphatic carbocycles. The first-order valence-electron chi connectivity index (χ1n) is 21.1. The van der Waals surface area contributed by atoms with E-state index in [1.807, 2.05) is 41.5 Å². The summed E-state index contributed by atoms with van der Waals surface area (Å²) in [4.78, 5) is 0. The molecule has 0 atom stereocenters. The lowest BCUT2D eigenvalue weighted by Crippen LogP contribution is -1.99. The maximum Gasteiger partial charge on any atom is 0.159 e. The molecule has 6 aromatic carbocycles. The van der Waals surface area contributed by atoms with Gasteiger partial charge in [-0.2, -0.15) is 0 Å². The molecule has 0 radical (unpaired) electrons. The summed E-state index contributed by atoms with van der Waals surface area (Å²) in [5.74, 6) is 0. The molecule has 290 valence electrons. The number of fused-ring (bicyclic) bond motifs is 6. The van der Waals surface area contributed by atoms with Crippen LogP contribution in [0.25, 0.3) is 60.6 Å². The topological polar surface area (TPSA) is 18.1 Å². The van der Waals surface area contributed by atoms with Crippen LogP contribution < -0.4 is 0 Å². The summed E-state index contributed by atoms with van der Waals surface area (Å²) < 4.78 is 9.18. The number of hydrogen-bond donors (Lipinski definition) is 0. The van der Waals surface area contributed by atoms with Crippen molar-refractivity contribution < 1.29 is 4.42 Å². The highest BCUT2D eigenvalue weighted by atomic mass is 16.3. The van der Waals surface area contributed by atoms with Crippen molar-refractivity contribution >= 4 is 43.7 Å². The maximum absolute atomic E-state index is 6.83. The summed E-state index contributed by atoms with van der Waals surface area (Å²) in [7, 11) is 0. The fourth-order valence-corrected chi connectivity index (χ4v) is 7.00. The molecule has 0 unspecified atom stereocenters. The summed E-state index contributed by atoms with van der Waals surface area (Å²) in [5.41, 5.74) is 13.3. The predicted molar refractivity (Wildman–Crippen MR) is 247 cm³/mol. The van der Waals surface area contributed by atoms with Crippen molar-refractivity contribution in [2.45, 2.75) is 115 Å². The Kier molecular flexibility index (Phi) is 18.5. The molecule has 0 N–H and O–H groups in total. The average molecular weight is 734 g/mol. The van der Waals surface area contributed by atoms with Crippen molar-refractivity contribution in [2.24, 2.45) is 0 Å². The number of aromatic nitrogens is 1. The molecule has 0 saturated carbocycles. The van der Waals surface area contributed by atoms with E-state index in [1.54, 1.807) is 0 Å². The second-order valence-electron chi connectivity index (χ2n) is 13.1. The fourth-order valence-electron chi connectivity index (χ4n) is 7.00. The first-order valence-corrected chi connectivity index (χ1v) is 21.1. The van der Waals surface area contributed by atoms with Gasteiger partial charge in [-0.3, -0.25) is 0 Å². The zero-order chi connectivity index (χ0) is 40.3. The molecule has 8 aromatic rings. The molecule has 55 heavy (non-hydrogen) atoms. The van der Waals surface area contributed by atoms with Crippen LogP contribution in [0.2, 0.25) is 0 Å². The Morgan fingerprint density at radius 2 is 1.04 bits per heavy atom. The van der Waals surface area contributed by atoms with Crippen molar-refractivity contribution in [1.82, 2.24) is 4.57 Å². The van der Waals surface area contributed by atoms with Crippen LogP contribution in [0.3, 0.4) is 0 Å². The lowest BCUT2D eigenvalue weighted by Gasteiger charge is -2.17. The molecule has 0 spiro atoms. The highest BCUT2D eigenvalue weighted by Gasteiger charge is 2.19. The molecule has 0 aliphatic heterocycles. The molecule has 2 aromatic heterocycles. The van der Waals surface area contributed by atoms with Crippen LogP contribution >= 0.6 is 0 Å². The third-order valence-corrected chi connectivity index (χ3v) is 8.94. The lowest BCUT2D eigenvalue weighted by atomic mass is 9.88. The Labute approximate surface area is 333 Å². The van der Waals surface area contributed by atoms with Crippen molar-refractivity contribution in [3.63, 3.8) is 0 Å². The van der Waals surface area contributed by atoms with Gasteiger partial charge in [0, 0.05) is 21.5 Å². The molecule has 0 saturated heterocycles. The van der Waals surface area contributed by atoms with Crippen LogP contribution in [0.1, 0.15) is 118 Å². The van der Waals surface area contributed by atoms with E-state index in [0.29, 0.717) is 0 Å². The first-order chi connectivity index (χ1) is 27.0. The molecule has 8 rings (SSSR count). The summed E-state index contributed by atoms with van der Waals surface area (Å²) in [5, 5.41) is 4.82. The largest absolute Gasteiger partial charge is 0.454 e. The minimum Gasteiger partial charge on any atom is -0.454 e. The van der Waals surface area contributed by atoms with E-state index in [-0.39, 0.29) is 0 Å². The van der Waals surface area contributed by atoms with E-state index in [4.69, 9.17) is 4.42 Å². The van der Waals surface area contributed by atoms with E-state index in [0.717, 1.165) is 46.9 Å². The minimum absolute atomic E-state index is 0.923. The van der Waals surface area contributed by atoms with Crippen molar-refractivity contribution in [3.05, 3.63) is 150 Å². The molecule has 2 heterocycles. The van der Waals surface area contributed by atoms with Gasteiger partial charge in [0.05, 0.1) is 16.7 Å². The Morgan fingerprint density at radius 1 is 0.509 bits per heavy atom. The quantitative estimate of drug-likeness (QED) is 0.166. The van der Waals surface area contributed by atoms with Crippen LogP contribution in [-0.4, -0.2) is 4.57 Å². The number of para-hydroxylation sites is 3. The standard InChI is InChI=1S/C41H33NO.2C3H8.3C2H6/c1-3-13-30-29(25-28-14-5-4-6-15-28)16-11-19-31(30)35-26-40-36(24-27(35)2)34-20-12-23-39(41(34)43-40)42-37-21-9-7-17-32(37)33-18-8-10-22-38(33)42;2*1-3-2;3*1-2/h4-12,14-24,26H,3,13,25H2,1-2H3;2*3H2,1-2H3;3*1-2H3. The Morgan fingerprint density at radius 3 is 1.62 bits per heavy atom. The van der Waals surface area contributed by atoms with Crippen LogP contribution in [0, 0.1) is 6.92 Å². The van der Waals surface area contributed by atoms with Gasteiger partial charge in [-0.1, -0.05) is 192 Å². The lowest BCUT2D eigenvalue weighted by molar-refractivity contribution is 0.666. The first kappa shape index (κ1) is 44.3. The van der Waals surface area contributed by atoms with Gasteiger partial charge < -0.3 is 8.98 Å². The highest BCUT2D eigenvalue weighted by Crippen LogP contribution is 2.41. The van der Waals surface area contributed by atoms with Gasteiger partial charge in [0.1, 0.15) is 5.58 Å². The molecule has 2 nitrogen and oxygen atoms in total. The van der Waals surface area contributed by atoms with Crippen molar-refractivity contribution in [1.29, 1.82) is 0 Å². The van der Waals surface area contributed by atoms with E-state index in [2.05, 4.69) is 174 Å². The van der Waals surface area contributed by atoms with Crippen molar-refractivity contribution in [3.8, 4) is 16.8 Å². The normalized spacial score (nSPS) is 10.2. The van der Waals surface area contributed by atoms with Crippen LogP contribution in [-0.2, 0) is 12.8 Å². The van der Waals surface area contributed by atoms with E-state index >= 15 is 0 Å². The molecule has 0 bridgehead atoms. The number of furan rings is 1. The molecule has 0 amide bonds. The number of hydrogen-bond acceptors (Lipinski definition) is 1. The number of rotatable bonds is 6. The summed E-state index contributed by atoms with van der Waals surface area (Å²) in [6, 6.07) is 46.1. The predicted octanol–water partition coefficient (Wildman–Crippen LogP) is 17.1. The van der Waals surface area contributed by atoms with Gasteiger partial charge in [-0.15, -0.1) is 0 Å². The fraction of sp³-hybridized carbons (Fsp3) is 0.321. The summed E-state index contributed by atoms with van der Waals surface area (Å²) in [6.07, 6.45) is 5.60. The van der Waals surface area contributed by atoms with Gasteiger partial charge in [0.15, 0.2) is 5.58 Å². The second kappa shape index (κ2) is 23.0. The van der Waals surface area contributed by atoms with Crippen LogP contribution in [0.15, 0.2) is 132 Å². The number of nitrogens with zero attached hydrogens (tertiary/aromatic N) is 1. The zero-order valence-corrected chi connectivity index (χ0v) is 36.0. The van der Waals surface area contributed by atoms with E-state index in [9.17, 15) is 0 Å². The minimum atomic E-state index is 0.923. The molecular formula is C53H67NO. The van der Waals surface area contributed by atoms with E-state index < -0.39 is 0 Å². The third-order valence-electron chi connectivity index (χ3n) is 8.94. The molecule has 0 aliphatic rings. The maximum atomic E-state index is 6.83. The van der Waals surface area contributed by atoms with Gasteiger partial charge in [0.2, 0.25) is 0 Å². The molecular weight excluding hydrogens is 667 g/mol. The third kappa shape index (κ3) is 9.97.